The van der Waals surface area contributed by atoms with Crippen molar-refractivity contribution in [3.8, 4) is 0 Å². The van der Waals surface area contributed by atoms with Gasteiger partial charge in [-0.05, 0) is 63.4 Å². The number of aryl methyl sites for hydroxylation is 1. The predicted octanol–water partition coefficient (Wildman–Crippen LogP) is 2.41. The molecule has 3 N–H and O–H groups in total. The largest absolute Gasteiger partial charge is 0.396 e. The second kappa shape index (κ2) is 9.00. The van der Waals surface area contributed by atoms with Gasteiger partial charge in [-0.1, -0.05) is 0 Å². The zero-order chi connectivity index (χ0) is 21.9. The van der Waals surface area contributed by atoms with Crippen LogP contribution < -0.4 is 10.6 Å². The number of aliphatic hydroxyl groups excluding tert-OH is 1. The van der Waals surface area contributed by atoms with Crippen molar-refractivity contribution in [2.75, 3.05) is 11.9 Å². The van der Waals surface area contributed by atoms with Crippen LogP contribution in [0.2, 0.25) is 0 Å². The van der Waals surface area contributed by atoms with E-state index >= 15 is 0 Å². The minimum absolute atomic E-state index is 0.106. The highest BCUT2D eigenvalue weighted by molar-refractivity contribution is 6.43. The van der Waals surface area contributed by atoms with E-state index in [-0.39, 0.29) is 29.7 Å². The van der Waals surface area contributed by atoms with E-state index < -0.39 is 17.6 Å². The topological polar surface area (TPSA) is 100 Å². The molecule has 2 aromatic rings. The summed E-state index contributed by atoms with van der Waals surface area (Å²) in [5.74, 6) is -2.37. The predicted molar refractivity (Wildman–Crippen MR) is 108 cm³/mol. The van der Waals surface area contributed by atoms with E-state index in [0.29, 0.717) is 28.9 Å². The quantitative estimate of drug-likeness (QED) is 0.488. The lowest BCUT2D eigenvalue weighted by Gasteiger charge is -2.12. The minimum atomic E-state index is -0.796. The first-order valence-corrected chi connectivity index (χ1v) is 9.27. The van der Waals surface area contributed by atoms with Gasteiger partial charge in [0.05, 0.1) is 11.3 Å². The van der Waals surface area contributed by atoms with Gasteiger partial charge in [-0.25, -0.2) is 4.39 Å². The summed E-state index contributed by atoms with van der Waals surface area (Å²) >= 11 is 0. The number of aromatic nitrogens is 1. The van der Waals surface area contributed by atoms with Crippen LogP contribution in [-0.4, -0.2) is 39.9 Å². The van der Waals surface area contributed by atoms with Gasteiger partial charge in [0.1, 0.15) is 5.82 Å². The van der Waals surface area contributed by atoms with E-state index in [9.17, 15) is 18.8 Å². The molecule has 0 radical (unpaired) electrons. The third kappa shape index (κ3) is 4.71. The van der Waals surface area contributed by atoms with Crippen molar-refractivity contribution in [3.63, 3.8) is 0 Å². The molecule has 8 heteroatoms. The van der Waals surface area contributed by atoms with Crippen molar-refractivity contribution in [1.82, 2.24) is 9.88 Å². The second-order valence-electron chi connectivity index (χ2n) is 7.13. The number of amides is 2. The van der Waals surface area contributed by atoms with Crippen LogP contribution in [0.3, 0.4) is 0 Å². The van der Waals surface area contributed by atoms with Crippen molar-refractivity contribution in [1.29, 1.82) is 0 Å². The Balaban J connectivity index is 2.31. The summed E-state index contributed by atoms with van der Waals surface area (Å²) in [6, 6.07) is 3.88. The number of nitrogens with zero attached hydrogens (tertiary/aromatic N) is 1. The Hall–Kier alpha value is -3.00. The number of hydrogen-bond donors (Lipinski definition) is 3. The van der Waals surface area contributed by atoms with Gasteiger partial charge in [-0.3, -0.25) is 14.4 Å². The SMILES string of the molecule is Cc1cc(NC(=O)c2c(C)c(C(=O)C(=O)N[C@@H](C)CCO)n(C)c2C)ccc1F. The molecule has 0 saturated heterocycles. The van der Waals surface area contributed by atoms with Crippen molar-refractivity contribution >= 4 is 23.3 Å². The lowest BCUT2D eigenvalue weighted by molar-refractivity contribution is -0.117. The minimum Gasteiger partial charge on any atom is -0.396 e. The summed E-state index contributed by atoms with van der Waals surface area (Å²) in [5.41, 5.74) is 2.15. The third-order valence-electron chi connectivity index (χ3n) is 4.93. The molecule has 1 aromatic heterocycles. The molecule has 0 aliphatic rings. The molecule has 2 rings (SSSR count). The number of anilines is 1. The molecule has 0 bridgehead atoms. The molecule has 29 heavy (non-hydrogen) atoms. The van der Waals surface area contributed by atoms with Gasteiger partial charge in [0, 0.05) is 31.1 Å². The average Bonchev–Trinajstić information content (AvgIpc) is 2.86. The monoisotopic (exact) mass is 403 g/mol. The van der Waals surface area contributed by atoms with Crippen molar-refractivity contribution in [2.45, 2.75) is 40.2 Å². The number of carbonyl (C=O) groups is 3. The van der Waals surface area contributed by atoms with Gasteiger partial charge >= 0.3 is 0 Å². The molecular formula is C21H26FN3O4. The van der Waals surface area contributed by atoms with Crippen LogP contribution >= 0.6 is 0 Å². The van der Waals surface area contributed by atoms with Crippen LogP contribution in [-0.2, 0) is 11.8 Å². The van der Waals surface area contributed by atoms with Gasteiger partial charge < -0.3 is 20.3 Å². The number of carbonyl (C=O) groups excluding carboxylic acids is 3. The molecule has 0 fully saturated rings. The van der Waals surface area contributed by atoms with Gasteiger partial charge in [0.25, 0.3) is 17.6 Å². The number of nitrogens with one attached hydrogen (secondary N) is 2. The van der Waals surface area contributed by atoms with Crippen LogP contribution in [0.25, 0.3) is 0 Å². The molecule has 0 aliphatic heterocycles. The first-order chi connectivity index (χ1) is 13.6. The average molecular weight is 403 g/mol. The van der Waals surface area contributed by atoms with E-state index in [4.69, 9.17) is 5.11 Å². The maximum Gasteiger partial charge on any atom is 0.294 e. The summed E-state index contributed by atoms with van der Waals surface area (Å²) in [5, 5.41) is 14.2. The Labute approximate surface area is 168 Å². The van der Waals surface area contributed by atoms with Crippen LogP contribution in [0.5, 0.6) is 0 Å². The maximum absolute atomic E-state index is 13.4. The molecule has 1 heterocycles. The lowest BCUT2D eigenvalue weighted by atomic mass is 10.1. The summed E-state index contributed by atoms with van der Waals surface area (Å²) in [7, 11) is 1.61. The molecule has 1 atom stereocenters. The summed E-state index contributed by atoms with van der Waals surface area (Å²) in [6.45, 7) is 6.47. The third-order valence-corrected chi connectivity index (χ3v) is 4.93. The van der Waals surface area contributed by atoms with E-state index in [2.05, 4.69) is 10.6 Å². The van der Waals surface area contributed by atoms with Gasteiger partial charge in [-0.15, -0.1) is 0 Å². The highest BCUT2D eigenvalue weighted by Gasteiger charge is 2.29. The van der Waals surface area contributed by atoms with E-state index in [1.54, 1.807) is 34.7 Å². The normalized spacial score (nSPS) is 11.8. The molecule has 7 nitrogen and oxygen atoms in total. The number of Topliss-reactive ketones (excluding diaryl/α,β-unsaturated/α-hetero) is 1. The maximum atomic E-state index is 13.4. The first kappa shape index (κ1) is 22.3. The molecular weight excluding hydrogens is 377 g/mol. The van der Waals surface area contributed by atoms with Crippen molar-refractivity contribution < 1.29 is 23.9 Å². The summed E-state index contributed by atoms with van der Waals surface area (Å²) in [4.78, 5) is 37.8. The standard InChI is InChI=1S/C21H26FN3O4/c1-11-10-15(6-7-16(11)22)24-20(28)17-13(3)18(25(5)14(17)4)19(27)21(29)23-12(2)8-9-26/h6-7,10,12,26H,8-9H2,1-5H3,(H,23,29)(H,24,28)/t12-/m0/s1. The van der Waals surface area contributed by atoms with E-state index in [1.807, 2.05) is 0 Å². The van der Waals surface area contributed by atoms with Crippen LogP contribution in [0.1, 0.15) is 51.0 Å². The molecule has 156 valence electrons. The van der Waals surface area contributed by atoms with Crippen LogP contribution in [0.15, 0.2) is 18.2 Å². The smallest absolute Gasteiger partial charge is 0.294 e. The van der Waals surface area contributed by atoms with E-state index in [1.165, 1.54) is 22.8 Å². The summed E-state index contributed by atoms with van der Waals surface area (Å²) < 4.78 is 15.0. The van der Waals surface area contributed by atoms with Gasteiger partial charge in [0.2, 0.25) is 0 Å². The number of aliphatic hydroxyl groups is 1. The highest BCUT2D eigenvalue weighted by Crippen LogP contribution is 2.24. The first-order valence-electron chi connectivity index (χ1n) is 9.27. The van der Waals surface area contributed by atoms with Crippen LogP contribution in [0, 0.1) is 26.6 Å². The molecule has 0 aliphatic carbocycles. The molecule has 0 spiro atoms. The lowest BCUT2D eigenvalue weighted by Crippen LogP contribution is -2.39. The van der Waals surface area contributed by atoms with Gasteiger partial charge in [-0.2, -0.15) is 0 Å². The van der Waals surface area contributed by atoms with E-state index in [0.717, 1.165) is 0 Å². The Morgan fingerprint density at radius 3 is 2.45 bits per heavy atom. The highest BCUT2D eigenvalue weighted by atomic mass is 19.1. The number of halogens is 1. The molecule has 1 aromatic carbocycles. The molecule has 0 saturated carbocycles. The van der Waals surface area contributed by atoms with Gasteiger partial charge in [0.15, 0.2) is 0 Å². The zero-order valence-corrected chi connectivity index (χ0v) is 17.2. The Morgan fingerprint density at radius 1 is 1.21 bits per heavy atom. The Morgan fingerprint density at radius 2 is 1.86 bits per heavy atom. The van der Waals surface area contributed by atoms with Crippen molar-refractivity contribution in [3.05, 3.63) is 52.1 Å². The fourth-order valence-corrected chi connectivity index (χ4v) is 3.21. The summed E-state index contributed by atoms with van der Waals surface area (Å²) in [6.07, 6.45) is 0.328. The number of hydrogen-bond acceptors (Lipinski definition) is 4. The zero-order valence-electron chi connectivity index (χ0n) is 17.2. The number of rotatable bonds is 7. The van der Waals surface area contributed by atoms with Crippen LogP contribution in [0.4, 0.5) is 10.1 Å². The number of ketones is 1. The fraction of sp³-hybridized carbons (Fsp3) is 0.381. The Kier molecular flexibility index (Phi) is 6.92. The molecule has 2 amide bonds. The molecule has 0 unspecified atom stereocenters. The number of benzene rings is 1. The van der Waals surface area contributed by atoms with Crippen molar-refractivity contribution in [2.24, 2.45) is 7.05 Å². The fourth-order valence-electron chi connectivity index (χ4n) is 3.21. The Bertz CT molecular complexity index is 965. The second-order valence-corrected chi connectivity index (χ2v) is 7.13.